The maximum absolute atomic E-state index is 10.7. The molecule has 5 nitrogen and oxygen atoms in total. The van der Waals surface area contributed by atoms with Crippen LogP contribution in [0.15, 0.2) is 6.20 Å². The molecule has 0 aromatic carbocycles. The summed E-state index contributed by atoms with van der Waals surface area (Å²) in [6.45, 7) is 5.26. The van der Waals surface area contributed by atoms with E-state index in [1.54, 1.807) is 0 Å². The molecule has 0 aliphatic carbocycles. The molecule has 1 aliphatic rings. The Bertz CT molecular complexity index is 394. The van der Waals surface area contributed by atoms with E-state index in [-0.39, 0.29) is 4.88 Å². The lowest BCUT2D eigenvalue weighted by atomic mass is 10.2. The number of likely N-dealkylation sites (tertiary alicyclic amines) is 1. The van der Waals surface area contributed by atoms with Gasteiger partial charge in [0.2, 0.25) is 0 Å². The topological polar surface area (TPSA) is 65.5 Å². The second-order valence-electron chi connectivity index (χ2n) is 4.14. The standard InChI is InChI=1S/C11H17N3O2S/c1-2-14-5-3-4-8(14)6-12-11-13-7-9(17-11)10(15)16/h7-8H,2-6H2,1H3,(H,12,13)(H,15,16). The van der Waals surface area contributed by atoms with Gasteiger partial charge in [0.15, 0.2) is 5.13 Å². The summed E-state index contributed by atoms with van der Waals surface area (Å²) in [6.07, 6.45) is 3.86. The summed E-state index contributed by atoms with van der Waals surface area (Å²) in [5, 5.41) is 12.7. The maximum Gasteiger partial charge on any atom is 0.347 e. The number of carboxylic acid groups (broad SMARTS) is 1. The number of rotatable bonds is 5. The number of nitrogens with zero attached hydrogens (tertiary/aromatic N) is 2. The fourth-order valence-electron chi connectivity index (χ4n) is 2.20. The number of nitrogens with one attached hydrogen (secondary N) is 1. The quantitative estimate of drug-likeness (QED) is 0.839. The van der Waals surface area contributed by atoms with Gasteiger partial charge in [-0.15, -0.1) is 0 Å². The number of likely N-dealkylation sites (N-methyl/N-ethyl adjacent to an activating group) is 1. The summed E-state index contributed by atoms with van der Waals surface area (Å²) in [5.41, 5.74) is 0. The molecule has 1 atom stereocenters. The summed E-state index contributed by atoms with van der Waals surface area (Å²) in [5.74, 6) is -0.911. The predicted molar refractivity (Wildman–Crippen MR) is 67.8 cm³/mol. The highest BCUT2D eigenvalue weighted by Crippen LogP contribution is 2.20. The second kappa shape index (κ2) is 5.46. The molecular formula is C11H17N3O2S. The Kier molecular flexibility index (Phi) is 3.96. The van der Waals surface area contributed by atoms with E-state index >= 15 is 0 Å². The Morgan fingerprint density at radius 3 is 3.24 bits per heavy atom. The third-order valence-corrected chi connectivity index (χ3v) is 4.05. The number of carboxylic acids is 1. The molecular weight excluding hydrogens is 238 g/mol. The van der Waals surface area contributed by atoms with Gasteiger partial charge in [-0.2, -0.15) is 0 Å². The van der Waals surface area contributed by atoms with Crippen LogP contribution in [0.3, 0.4) is 0 Å². The van der Waals surface area contributed by atoms with Crippen molar-refractivity contribution in [1.82, 2.24) is 9.88 Å². The fourth-order valence-corrected chi connectivity index (χ4v) is 2.86. The van der Waals surface area contributed by atoms with Gasteiger partial charge in [0, 0.05) is 12.6 Å². The van der Waals surface area contributed by atoms with Crippen LogP contribution in [-0.2, 0) is 0 Å². The number of hydrogen-bond acceptors (Lipinski definition) is 5. The SMILES string of the molecule is CCN1CCCC1CNc1ncc(C(=O)O)s1. The lowest BCUT2D eigenvalue weighted by Crippen LogP contribution is -2.34. The van der Waals surface area contributed by atoms with Crippen LogP contribution in [0.2, 0.25) is 0 Å². The zero-order chi connectivity index (χ0) is 12.3. The van der Waals surface area contributed by atoms with E-state index < -0.39 is 5.97 Å². The van der Waals surface area contributed by atoms with E-state index in [9.17, 15) is 4.79 Å². The summed E-state index contributed by atoms with van der Waals surface area (Å²) in [6, 6.07) is 0.553. The van der Waals surface area contributed by atoms with Crippen LogP contribution in [0.25, 0.3) is 0 Å². The minimum absolute atomic E-state index is 0.284. The van der Waals surface area contributed by atoms with E-state index in [1.807, 2.05) is 0 Å². The van der Waals surface area contributed by atoms with Gasteiger partial charge >= 0.3 is 5.97 Å². The second-order valence-corrected chi connectivity index (χ2v) is 5.17. The van der Waals surface area contributed by atoms with E-state index in [4.69, 9.17) is 5.11 Å². The predicted octanol–water partition coefficient (Wildman–Crippen LogP) is 1.74. The molecule has 94 valence electrons. The maximum atomic E-state index is 10.7. The van der Waals surface area contributed by atoms with Gasteiger partial charge in [-0.05, 0) is 25.9 Å². The highest BCUT2D eigenvalue weighted by Gasteiger charge is 2.22. The minimum atomic E-state index is -0.911. The average Bonchev–Trinajstić information content (AvgIpc) is 2.95. The molecule has 0 saturated carbocycles. The Labute approximate surface area is 104 Å². The van der Waals surface area contributed by atoms with Crippen LogP contribution < -0.4 is 5.32 Å². The third-order valence-electron chi connectivity index (χ3n) is 3.11. The van der Waals surface area contributed by atoms with Crippen LogP contribution in [-0.4, -0.2) is 46.6 Å². The van der Waals surface area contributed by atoms with Crippen molar-refractivity contribution in [2.45, 2.75) is 25.8 Å². The Hall–Kier alpha value is -1.14. The van der Waals surface area contributed by atoms with Crippen molar-refractivity contribution in [2.24, 2.45) is 0 Å². The first-order valence-corrected chi connectivity index (χ1v) is 6.69. The Morgan fingerprint density at radius 1 is 1.76 bits per heavy atom. The van der Waals surface area contributed by atoms with Gasteiger partial charge in [-0.1, -0.05) is 18.3 Å². The van der Waals surface area contributed by atoms with Gasteiger partial charge in [0.05, 0.1) is 6.20 Å². The minimum Gasteiger partial charge on any atom is -0.477 e. The first kappa shape index (κ1) is 12.3. The smallest absolute Gasteiger partial charge is 0.347 e. The first-order valence-electron chi connectivity index (χ1n) is 5.87. The normalized spacial score (nSPS) is 20.6. The molecule has 2 rings (SSSR count). The van der Waals surface area contributed by atoms with E-state index in [0.717, 1.165) is 13.1 Å². The van der Waals surface area contributed by atoms with Crippen molar-refractivity contribution in [3.8, 4) is 0 Å². The summed E-state index contributed by atoms with van der Waals surface area (Å²) >= 11 is 1.19. The number of thiazole rings is 1. The Balaban J connectivity index is 1.86. The molecule has 17 heavy (non-hydrogen) atoms. The highest BCUT2D eigenvalue weighted by molar-refractivity contribution is 7.17. The summed E-state index contributed by atoms with van der Waals surface area (Å²) in [7, 11) is 0. The van der Waals surface area contributed by atoms with Gasteiger partial charge < -0.3 is 10.4 Å². The molecule has 1 aromatic heterocycles. The monoisotopic (exact) mass is 255 g/mol. The van der Waals surface area contributed by atoms with Gasteiger partial charge in [-0.3, -0.25) is 4.90 Å². The fraction of sp³-hybridized carbons (Fsp3) is 0.636. The largest absolute Gasteiger partial charge is 0.477 e. The molecule has 1 fully saturated rings. The first-order chi connectivity index (χ1) is 8.20. The lowest BCUT2D eigenvalue weighted by Gasteiger charge is -2.22. The van der Waals surface area contributed by atoms with Crippen molar-refractivity contribution in [3.63, 3.8) is 0 Å². The molecule has 1 aromatic rings. The van der Waals surface area contributed by atoms with E-state index in [0.29, 0.717) is 11.2 Å². The van der Waals surface area contributed by atoms with Crippen LogP contribution in [0.5, 0.6) is 0 Å². The van der Waals surface area contributed by atoms with Gasteiger partial charge in [-0.25, -0.2) is 9.78 Å². The van der Waals surface area contributed by atoms with Crippen molar-refractivity contribution >= 4 is 22.4 Å². The van der Waals surface area contributed by atoms with Crippen LogP contribution in [0.4, 0.5) is 5.13 Å². The van der Waals surface area contributed by atoms with Gasteiger partial charge in [0.25, 0.3) is 0 Å². The van der Waals surface area contributed by atoms with E-state index in [2.05, 4.69) is 22.1 Å². The molecule has 6 heteroatoms. The van der Waals surface area contributed by atoms with Crippen LogP contribution >= 0.6 is 11.3 Å². The highest BCUT2D eigenvalue weighted by atomic mass is 32.1. The van der Waals surface area contributed by atoms with Crippen molar-refractivity contribution in [2.75, 3.05) is 25.0 Å². The number of carbonyl (C=O) groups is 1. The average molecular weight is 255 g/mol. The van der Waals surface area contributed by atoms with Gasteiger partial charge in [0.1, 0.15) is 4.88 Å². The molecule has 1 saturated heterocycles. The summed E-state index contributed by atoms with van der Waals surface area (Å²) < 4.78 is 0. The molecule has 1 aliphatic heterocycles. The zero-order valence-corrected chi connectivity index (χ0v) is 10.7. The molecule has 0 radical (unpaired) electrons. The molecule has 0 amide bonds. The molecule has 0 spiro atoms. The van der Waals surface area contributed by atoms with Crippen LogP contribution in [0.1, 0.15) is 29.4 Å². The van der Waals surface area contributed by atoms with E-state index in [1.165, 1.54) is 36.9 Å². The Morgan fingerprint density at radius 2 is 2.59 bits per heavy atom. The number of aromatic nitrogens is 1. The summed E-state index contributed by atoms with van der Waals surface area (Å²) in [4.78, 5) is 17.5. The van der Waals surface area contributed by atoms with Crippen molar-refractivity contribution in [3.05, 3.63) is 11.1 Å². The molecule has 1 unspecified atom stereocenters. The molecule has 2 heterocycles. The van der Waals surface area contributed by atoms with Crippen LogP contribution in [0, 0.1) is 0 Å². The van der Waals surface area contributed by atoms with Crippen molar-refractivity contribution < 1.29 is 9.90 Å². The molecule has 2 N–H and O–H groups in total. The third kappa shape index (κ3) is 2.95. The number of hydrogen-bond donors (Lipinski definition) is 2. The zero-order valence-electron chi connectivity index (χ0n) is 9.85. The number of aromatic carboxylic acids is 1. The molecule has 0 bridgehead atoms. The lowest BCUT2D eigenvalue weighted by molar-refractivity contribution is 0.0702. The van der Waals surface area contributed by atoms with Crippen molar-refractivity contribution in [1.29, 1.82) is 0 Å². The number of anilines is 1.